The Bertz CT molecular complexity index is 563. The van der Waals surface area contributed by atoms with Crippen LogP contribution < -0.4 is 5.32 Å². The number of nitrogens with one attached hydrogen (secondary N) is 1. The van der Waals surface area contributed by atoms with Crippen LogP contribution in [-0.2, 0) is 16.1 Å². The molecule has 2 atom stereocenters. The molecule has 1 heterocycles. The minimum atomic E-state index is -0.714. The van der Waals surface area contributed by atoms with Crippen LogP contribution in [0.25, 0.3) is 0 Å². The average molecular weight is 296 g/mol. The fourth-order valence-corrected chi connectivity index (χ4v) is 2.34. The first kappa shape index (κ1) is 15.4. The van der Waals surface area contributed by atoms with E-state index in [1.54, 1.807) is 0 Å². The van der Waals surface area contributed by atoms with Gasteiger partial charge in [0.25, 0.3) is 0 Å². The van der Waals surface area contributed by atoms with Gasteiger partial charge in [-0.2, -0.15) is 0 Å². The van der Waals surface area contributed by atoms with Crippen molar-refractivity contribution in [2.45, 2.75) is 32.9 Å². The van der Waals surface area contributed by atoms with Gasteiger partial charge in [-0.3, -0.25) is 9.59 Å². The summed E-state index contributed by atoms with van der Waals surface area (Å²) < 4.78 is 26.6. The molecule has 1 aromatic rings. The molecule has 0 aliphatic carbocycles. The molecule has 2 rings (SSSR count). The van der Waals surface area contributed by atoms with Crippen molar-refractivity contribution in [3.63, 3.8) is 0 Å². The molecule has 0 spiro atoms. The highest BCUT2D eigenvalue weighted by molar-refractivity contribution is 5.95. The fraction of sp³-hybridized carbons (Fsp3) is 0.467. The van der Waals surface area contributed by atoms with Gasteiger partial charge in [0.2, 0.25) is 11.8 Å². The quantitative estimate of drug-likeness (QED) is 0.921. The maximum absolute atomic E-state index is 13.7. The zero-order valence-corrected chi connectivity index (χ0v) is 12.0. The number of rotatable bonds is 4. The summed E-state index contributed by atoms with van der Waals surface area (Å²) in [5, 5.41) is 2.67. The first-order valence-electron chi connectivity index (χ1n) is 6.94. The van der Waals surface area contributed by atoms with Crippen molar-refractivity contribution in [1.29, 1.82) is 0 Å². The maximum Gasteiger partial charge on any atom is 0.246 e. The lowest BCUT2D eigenvalue weighted by Crippen LogP contribution is -2.59. The summed E-state index contributed by atoms with van der Waals surface area (Å²) in [6, 6.07) is 2.62. The molecule has 1 N–H and O–H groups in total. The van der Waals surface area contributed by atoms with Crippen LogP contribution >= 0.6 is 0 Å². The number of carbonyl (C=O) groups is 2. The molecule has 1 aromatic carbocycles. The van der Waals surface area contributed by atoms with Gasteiger partial charge in [0.1, 0.15) is 17.7 Å². The van der Waals surface area contributed by atoms with E-state index in [9.17, 15) is 18.4 Å². The van der Waals surface area contributed by atoms with Gasteiger partial charge < -0.3 is 10.2 Å². The van der Waals surface area contributed by atoms with Crippen molar-refractivity contribution >= 4 is 11.8 Å². The largest absolute Gasteiger partial charge is 0.342 e. The van der Waals surface area contributed by atoms with Crippen molar-refractivity contribution in [3.8, 4) is 0 Å². The van der Waals surface area contributed by atoms with E-state index < -0.39 is 17.7 Å². The third-order valence-electron chi connectivity index (χ3n) is 3.82. The van der Waals surface area contributed by atoms with Crippen LogP contribution in [0.2, 0.25) is 0 Å². The van der Waals surface area contributed by atoms with Gasteiger partial charge in [-0.25, -0.2) is 8.78 Å². The molecule has 0 aromatic heterocycles. The van der Waals surface area contributed by atoms with Gasteiger partial charge >= 0.3 is 0 Å². The molecule has 6 heteroatoms. The number of halogens is 2. The number of nitrogens with zero attached hydrogens (tertiary/aromatic N) is 1. The smallest absolute Gasteiger partial charge is 0.246 e. The summed E-state index contributed by atoms with van der Waals surface area (Å²) in [5.74, 6) is -1.87. The van der Waals surface area contributed by atoms with Gasteiger partial charge in [-0.05, 0) is 12.0 Å². The second-order valence-electron chi connectivity index (χ2n) is 5.36. The van der Waals surface area contributed by atoms with Crippen LogP contribution in [0.15, 0.2) is 18.2 Å². The maximum atomic E-state index is 13.7. The zero-order valence-electron chi connectivity index (χ0n) is 12.0. The summed E-state index contributed by atoms with van der Waals surface area (Å²) in [6.45, 7) is 3.67. The highest BCUT2D eigenvalue weighted by Gasteiger charge is 2.35. The molecule has 1 fully saturated rings. The van der Waals surface area contributed by atoms with Gasteiger partial charge in [-0.15, -0.1) is 0 Å². The molecule has 1 saturated heterocycles. The van der Waals surface area contributed by atoms with E-state index in [4.69, 9.17) is 0 Å². The van der Waals surface area contributed by atoms with Crippen LogP contribution in [0, 0.1) is 17.6 Å². The first-order valence-corrected chi connectivity index (χ1v) is 6.94. The monoisotopic (exact) mass is 296 g/mol. The highest BCUT2D eigenvalue weighted by atomic mass is 19.1. The lowest BCUT2D eigenvalue weighted by atomic mass is 9.96. The zero-order chi connectivity index (χ0) is 15.6. The molecule has 0 radical (unpaired) electrons. The van der Waals surface area contributed by atoms with Gasteiger partial charge in [0, 0.05) is 18.2 Å². The predicted octanol–water partition coefficient (Wildman–Crippen LogP) is 1.84. The lowest BCUT2D eigenvalue weighted by Gasteiger charge is -2.35. The predicted molar refractivity (Wildman–Crippen MR) is 73.2 cm³/mol. The van der Waals surface area contributed by atoms with Gasteiger partial charge in [-0.1, -0.05) is 26.3 Å². The van der Waals surface area contributed by atoms with Crippen molar-refractivity contribution in [2.24, 2.45) is 5.92 Å². The number of benzene rings is 1. The van der Waals surface area contributed by atoms with Gasteiger partial charge in [0.05, 0.1) is 6.54 Å². The first-order chi connectivity index (χ1) is 9.92. The minimum Gasteiger partial charge on any atom is -0.342 e. The Morgan fingerprint density at radius 3 is 2.71 bits per heavy atom. The normalized spacial score (nSPS) is 20.4. The van der Waals surface area contributed by atoms with Crippen molar-refractivity contribution < 1.29 is 18.4 Å². The van der Waals surface area contributed by atoms with Crippen LogP contribution in [0.3, 0.4) is 0 Å². The third-order valence-corrected chi connectivity index (χ3v) is 3.82. The number of amides is 2. The number of hydrogen-bond donors (Lipinski definition) is 1. The van der Waals surface area contributed by atoms with Crippen molar-refractivity contribution in [2.75, 3.05) is 6.54 Å². The Labute approximate surface area is 122 Å². The third kappa shape index (κ3) is 3.37. The molecule has 4 nitrogen and oxygen atoms in total. The molecule has 0 saturated carbocycles. The molecule has 21 heavy (non-hydrogen) atoms. The Morgan fingerprint density at radius 1 is 1.38 bits per heavy atom. The van der Waals surface area contributed by atoms with E-state index in [1.807, 2.05) is 13.8 Å². The fourth-order valence-electron chi connectivity index (χ4n) is 2.34. The summed E-state index contributed by atoms with van der Waals surface area (Å²) in [6.07, 6.45) is 0.745. The summed E-state index contributed by atoms with van der Waals surface area (Å²) in [4.78, 5) is 25.4. The standard InChI is InChI=1S/C15H18F2N2O2/c1-3-9(2)14-15(21)19(8-13(20)18-14)7-10-4-5-11(16)6-12(10)17/h4-6,9,14H,3,7-8H2,1-2H3,(H,18,20). The molecule has 2 amide bonds. The molecule has 0 bridgehead atoms. The van der Waals surface area contributed by atoms with Crippen LogP contribution in [-0.4, -0.2) is 29.3 Å². The van der Waals surface area contributed by atoms with E-state index in [0.29, 0.717) is 0 Å². The summed E-state index contributed by atoms with van der Waals surface area (Å²) in [7, 11) is 0. The Morgan fingerprint density at radius 2 is 2.10 bits per heavy atom. The van der Waals surface area contributed by atoms with E-state index >= 15 is 0 Å². The number of carbonyl (C=O) groups excluding carboxylic acids is 2. The van der Waals surface area contributed by atoms with E-state index in [1.165, 1.54) is 11.0 Å². The number of hydrogen-bond acceptors (Lipinski definition) is 2. The molecule has 1 aliphatic heterocycles. The van der Waals surface area contributed by atoms with Crippen LogP contribution in [0.5, 0.6) is 0 Å². The second-order valence-corrected chi connectivity index (χ2v) is 5.36. The average Bonchev–Trinajstić information content (AvgIpc) is 2.44. The highest BCUT2D eigenvalue weighted by Crippen LogP contribution is 2.18. The molecular formula is C15H18F2N2O2. The molecule has 2 unspecified atom stereocenters. The van der Waals surface area contributed by atoms with E-state index in [-0.39, 0.29) is 36.4 Å². The topological polar surface area (TPSA) is 49.4 Å². The van der Waals surface area contributed by atoms with E-state index in [0.717, 1.165) is 18.6 Å². The molecule has 1 aliphatic rings. The van der Waals surface area contributed by atoms with Crippen LogP contribution in [0.4, 0.5) is 8.78 Å². The van der Waals surface area contributed by atoms with Crippen molar-refractivity contribution in [1.82, 2.24) is 10.2 Å². The van der Waals surface area contributed by atoms with Crippen molar-refractivity contribution in [3.05, 3.63) is 35.4 Å². The second kappa shape index (κ2) is 6.20. The number of piperazine rings is 1. The SMILES string of the molecule is CCC(C)C1NC(=O)CN(Cc2ccc(F)cc2F)C1=O. The Kier molecular flexibility index (Phi) is 4.55. The summed E-state index contributed by atoms with van der Waals surface area (Å²) in [5.41, 5.74) is 0.197. The minimum absolute atomic E-state index is 0.00214. The molecular weight excluding hydrogens is 278 g/mol. The molecule has 114 valence electrons. The van der Waals surface area contributed by atoms with E-state index in [2.05, 4.69) is 5.32 Å². The Balaban J connectivity index is 2.18. The van der Waals surface area contributed by atoms with Crippen LogP contribution in [0.1, 0.15) is 25.8 Å². The lowest BCUT2D eigenvalue weighted by molar-refractivity contribution is -0.146. The summed E-state index contributed by atoms with van der Waals surface area (Å²) >= 11 is 0. The Hall–Kier alpha value is -1.98. The van der Waals surface area contributed by atoms with Gasteiger partial charge in [0.15, 0.2) is 0 Å².